The molecular weight excluding hydrogens is 188 g/mol. The van der Waals surface area contributed by atoms with Crippen molar-refractivity contribution in [3.8, 4) is 0 Å². The standard InChI is InChI=1S/C12H24N2O/c1-13-9-10-5-7-14(8-6-10)11-3-2-4-12(11)15/h10-13,15H,2-9H2,1H3. The molecule has 2 aliphatic rings. The van der Waals surface area contributed by atoms with Crippen LogP contribution < -0.4 is 5.32 Å². The Morgan fingerprint density at radius 1 is 1.20 bits per heavy atom. The fraction of sp³-hybridized carbons (Fsp3) is 1.00. The van der Waals surface area contributed by atoms with E-state index in [1.54, 1.807) is 0 Å². The summed E-state index contributed by atoms with van der Waals surface area (Å²) in [6.45, 7) is 3.53. The molecule has 2 unspecified atom stereocenters. The number of piperidine rings is 1. The average Bonchev–Trinajstić information content (AvgIpc) is 2.66. The van der Waals surface area contributed by atoms with Crippen molar-refractivity contribution in [1.29, 1.82) is 0 Å². The van der Waals surface area contributed by atoms with E-state index in [0.29, 0.717) is 6.04 Å². The van der Waals surface area contributed by atoms with Crippen LogP contribution >= 0.6 is 0 Å². The average molecular weight is 212 g/mol. The SMILES string of the molecule is CNCC1CCN(C2CCCC2O)CC1. The molecule has 2 atom stereocenters. The van der Waals surface area contributed by atoms with Crippen LogP contribution in [-0.4, -0.2) is 48.8 Å². The molecule has 2 fully saturated rings. The number of aliphatic hydroxyl groups excluding tert-OH is 1. The van der Waals surface area contributed by atoms with Crippen molar-refractivity contribution in [3.05, 3.63) is 0 Å². The molecule has 0 radical (unpaired) electrons. The molecule has 0 amide bonds. The van der Waals surface area contributed by atoms with Gasteiger partial charge in [0.05, 0.1) is 6.10 Å². The predicted octanol–water partition coefficient (Wildman–Crippen LogP) is 0.831. The third kappa shape index (κ3) is 2.71. The van der Waals surface area contributed by atoms with Crippen molar-refractivity contribution in [2.75, 3.05) is 26.7 Å². The van der Waals surface area contributed by atoms with Gasteiger partial charge in [0.1, 0.15) is 0 Å². The minimum atomic E-state index is -0.0501. The third-order valence-electron chi connectivity index (χ3n) is 4.05. The number of nitrogens with one attached hydrogen (secondary N) is 1. The maximum atomic E-state index is 9.86. The maximum Gasteiger partial charge on any atom is 0.0695 e. The Labute approximate surface area is 92.8 Å². The highest BCUT2D eigenvalue weighted by atomic mass is 16.3. The first-order chi connectivity index (χ1) is 7.31. The Balaban J connectivity index is 1.77. The fourth-order valence-corrected chi connectivity index (χ4v) is 3.12. The Morgan fingerprint density at radius 2 is 1.93 bits per heavy atom. The second kappa shape index (κ2) is 5.28. The normalized spacial score (nSPS) is 34.8. The zero-order valence-electron chi connectivity index (χ0n) is 9.78. The van der Waals surface area contributed by atoms with Crippen LogP contribution in [0.5, 0.6) is 0 Å². The number of rotatable bonds is 3. The van der Waals surface area contributed by atoms with Crippen LogP contribution in [0.3, 0.4) is 0 Å². The monoisotopic (exact) mass is 212 g/mol. The molecule has 1 aliphatic carbocycles. The molecule has 0 aromatic heterocycles. The molecule has 0 spiro atoms. The molecule has 1 aliphatic heterocycles. The van der Waals surface area contributed by atoms with Gasteiger partial charge in [-0.05, 0) is 64.7 Å². The van der Waals surface area contributed by atoms with Crippen molar-refractivity contribution in [3.63, 3.8) is 0 Å². The van der Waals surface area contributed by atoms with E-state index in [9.17, 15) is 5.11 Å². The Hall–Kier alpha value is -0.120. The van der Waals surface area contributed by atoms with Crippen LogP contribution in [0.15, 0.2) is 0 Å². The van der Waals surface area contributed by atoms with E-state index in [2.05, 4.69) is 10.2 Å². The topological polar surface area (TPSA) is 35.5 Å². The second-order valence-corrected chi connectivity index (χ2v) is 5.10. The summed E-state index contributed by atoms with van der Waals surface area (Å²) >= 11 is 0. The minimum Gasteiger partial charge on any atom is -0.391 e. The van der Waals surface area contributed by atoms with E-state index in [1.807, 2.05) is 7.05 Å². The molecule has 0 bridgehead atoms. The van der Waals surface area contributed by atoms with Crippen LogP contribution in [-0.2, 0) is 0 Å². The number of hydrogen-bond acceptors (Lipinski definition) is 3. The number of likely N-dealkylation sites (tertiary alicyclic amines) is 1. The lowest BCUT2D eigenvalue weighted by molar-refractivity contribution is 0.0484. The summed E-state index contributed by atoms with van der Waals surface area (Å²) in [6.07, 6.45) is 5.97. The van der Waals surface area contributed by atoms with Crippen molar-refractivity contribution in [2.45, 2.75) is 44.2 Å². The summed E-state index contributed by atoms with van der Waals surface area (Å²) in [7, 11) is 2.03. The van der Waals surface area contributed by atoms with Crippen molar-refractivity contribution >= 4 is 0 Å². The highest BCUT2D eigenvalue weighted by molar-refractivity contribution is 4.87. The minimum absolute atomic E-state index is 0.0501. The molecule has 0 aromatic carbocycles. The first kappa shape index (κ1) is 11.4. The summed E-state index contributed by atoms with van der Waals surface area (Å²) in [5.74, 6) is 0.852. The van der Waals surface area contributed by atoms with Gasteiger partial charge in [-0.25, -0.2) is 0 Å². The summed E-state index contributed by atoms with van der Waals surface area (Å²) in [6, 6.07) is 0.473. The quantitative estimate of drug-likeness (QED) is 0.727. The lowest BCUT2D eigenvalue weighted by Gasteiger charge is -2.37. The zero-order chi connectivity index (χ0) is 10.7. The predicted molar refractivity (Wildman–Crippen MR) is 61.9 cm³/mol. The highest BCUT2D eigenvalue weighted by Crippen LogP contribution is 2.27. The lowest BCUT2D eigenvalue weighted by Crippen LogP contribution is -2.46. The molecule has 2 N–H and O–H groups in total. The van der Waals surface area contributed by atoms with Crippen LogP contribution in [0.2, 0.25) is 0 Å². The summed E-state index contributed by atoms with van der Waals surface area (Å²) in [4.78, 5) is 2.52. The molecule has 1 saturated carbocycles. The van der Waals surface area contributed by atoms with E-state index in [4.69, 9.17) is 0 Å². The van der Waals surface area contributed by atoms with E-state index in [-0.39, 0.29) is 6.10 Å². The molecule has 1 heterocycles. The van der Waals surface area contributed by atoms with Gasteiger partial charge in [-0.3, -0.25) is 4.90 Å². The summed E-state index contributed by atoms with van der Waals surface area (Å²) in [5, 5.41) is 13.1. The molecule has 0 aromatic rings. The number of nitrogens with zero attached hydrogens (tertiary/aromatic N) is 1. The van der Waals surface area contributed by atoms with Gasteiger partial charge in [-0.1, -0.05) is 0 Å². The van der Waals surface area contributed by atoms with Crippen LogP contribution in [0, 0.1) is 5.92 Å². The van der Waals surface area contributed by atoms with Gasteiger partial charge in [0.15, 0.2) is 0 Å². The summed E-state index contributed by atoms with van der Waals surface area (Å²) in [5.41, 5.74) is 0. The molecule has 88 valence electrons. The maximum absolute atomic E-state index is 9.86. The van der Waals surface area contributed by atoms with Crippen molar-refractivity contribution in [1.82, 2.24) is 10.2 Å². The molecule has 3 heteroatoms. The van der Waals surface area contributed by atoms with Gasteiger partial charge in [-0.15, -0.1) is 0 Å². The third-order valence-corrected chi connectivity index (χ3v) is 4.05. The molecule has 2 rings (SSSR count). The smallest absolute Gasteiger partial charge is 0.0695 e. The van der Waals surface area contributed by atoms with E-state index in [0.717, 1.165) is 18.9 Å². The van der Waals surface area contributed by atoms with Gasteiger partial charge in [0.2, 0.25) is 0 Å². The Bertz CT molecular complexity index is 190. The van der Waals surface area contributed by atoms with Gasteiger partial charge >= 0.3 is 0 Å². The van der Waals surface area contributed by atoms with Gasteiger partial charge in [0, 0.05) is 6.04 Å². The first-order valence-electron chi connectivity index (χ1n) is 6.38. The molecule has 1 saturated heterocycles. The van der Waals surface area contributed by atoms with Crippen molar-refractivity contribution in [2.24, 2.45) is 5.92 Å². The van der Waals surface area contributed by atoms with E-state index >= 15 is 0 Å². The van der Waals surface area contributed by atoms with E-state index < -0.39 is 0 Å². The van der Waals surface area contributed by atoms with Crippen LogP contribution in [0.4, 0.5) is 0 Å². The first-order valence-corrected chi connectivity index (χ1v) is 6.38. The number of aliphatic hydroxyl groups is 1. The van der Waals surface area contributed by atoms with E-state index in [1.165, 1.54) is 38.8 Å². The Morgan fingerprint density at radius 3 is 2.47 bits per heavy atom. The Kier molecular flexibility index (Phi) is 4.00. The molecular formula is C12H24N2O. The van der Waals surface area contributed by atoms with Crippen LogP contribution in [0.1, 0.15) is 32.1 Å². The summed E-state index contributed by atoms with van der Waals surface area (Å²) < 4.78 is 0. The fourth-order valence-electron chi connectivity index (χ4n) is 3.12. The lowest BCUT2D eigenvalue weighted by atomic mass is 9.95. The van der Waals surface area contributed by atoms with Crippen molar-refractivity contribution < 1.29 is 5.11 Å². The van der Waals surface area contributed by atoms with Gasteiger partial charge in [0.25, 0.3) is 0 Å². The largest absolute Gasteiger partial charge is 0.391 e. The highest BCUT2D eigenvalue weighted by Gasteiger charge is 2.32. The number of hydrogen-bond donors (Lipinski definition) is 2. The molecule has 15 heavy (non-hydrogen) atoms. The van der Waals surface area contributed by atoms with Crippen LogP contribution in [0.25, 0.3) is 0 Å². The van der Waals surface area contributed by atoms with Gasteiger partial charge in [-0.2, -0.15) is 0 Å². The second-order valence-electron chi connectivity index (χ2n) is 5.10. The zero-order valence-corrected chi connectivity index (χ0v) is 9.78. The molecule has 3 nitrogen and oxygen atoms in total. The van der Waals surface area contributed by atoms with Gasteiger partial charge < -0.3 is 10.4 Å².